The zero-order valence-corrected chi connectivity index (χ0v) is 8.90. The molecule has 2 nitrogen and oxygen atoms in total. The minimum Gasteiger partial charge on any atom is -0.402 e. The molecule has 0 fully saturated rings. The van der Waals surface area contributed by atoms with Crippen molar-refractivity contribution in [1.82, 2.24) is 0 Å². The zero-order chi connectivity index (χ0) is 10.9. The molecule has 0 bridgehead atoms. The molecule has 1 aromatic rings. The van der Waals surface area contributed by atoms with E-state index in [0.29, 0.717) is 6.42 Å². The van der Waals surface area contributed by atoms with Crippen LogP contribution in [0.5, 0.6) is 0 Å². The number of nitrogens with two attached hydrogens (primary N) is 2. The van der Waals surface area contributed by atoms with Gasteiger partial charge in [0.1, 0.15) is 0 Å². The van der Waals surface area contributed by atoms with Gasteiger partial charge in [-0.3, -0.25) is 0 Å². The predicted molar refractivity (Wildman–Crippen MR) is 63.0 cm³/mol. The number of hydrogen-bond acceptors (Lipinski definition) is 2. The summed E-state index contributed by atoms with van der Waals surface area (Å²) in [6.45, 7) is 2.01. The van der Waals surface area contributed by atoms with Crippen LogP contribution in [0.25, 0.3) is 0 Å². The van der Waals surface area contributed by atoms with Gasteiger partial charge in [0.2, 0.25) is 0 Å². The Labute approximate surface area is 90.3 Å². The van der Waals surface area contributed by atoms with E-state index < -0.39 is 5.54 Å². The van der Waals surface area contributed by atoms with Crippen LogP contribution in [-0.2, 0) is 5.54 Å². The van der Waals surface area contributed by atoms with Crippen LogP contribution in [0.3, 0.4) is 0 Å². The highest BCUT2D eigenvalue weighted by Crippen LogP contribution is 2.30. The molecule has 2 heteroatoms. The maximum Gasteiger partial charge on any atom is 0.0653 e. The number of hydrogen-bond donors (Lipinski definition) is 2. The van der Waals surface area contributed by atoms with Gasteiger partial charge in [-0.25, -0.2) is 0 Å². The quantitative estimate of drug-likeness (QED) is 0.728. The van der Waals surface area contributed by atoms with E-state index in [0.717, 1.165) is 16.8 Å². The second kappa shape index (κ2) is 3.55. The Morgan fingerprint density at radius 2 is 1.87 bits per heavy atom. The summed E-state index contributed by atoms with van der Waals surface area (Å²) in [6.07, 6.45) is 4.74. The van der Waals surface area contributed by atoms with Crippen LogP contribution in [0.4, 0.5) is 0 Å². The fourth-order valence-electron chi connectivity index (χ4n) is 1.84. The van der Waals surface area contributed by atoms with Crippen LogP contribution in [-0.4, -0.2) is 0 Å². The molecule has 1 atom stereocenters. The van der Waals surface area contributed by atoms with E-state index in [1.807, 2.05) is 49.4 Å². The number of rotatable bonds is 1. The van der Waals surface area contributed by atoms with Crippen molar-refractivity contribution in [2.45, 2.75) is 18.9 Å². The third kappa shape index (κ3) is 1.81. The maximum absolute atomic E-state index is 6.33. The SMILES string of the molecule is CC1=C(N)CC(N)(c2ccccc2)C=C1. The summed E-state index contributed by atoms with van der Waals surface area (Å²) < 4.78 is 0. The van der Waals surface area contributed by atoms with E-state index in [1.165, 1.54) is 0 Å². The molecule has 1 unspecified atom stereocenters. The molecule has 15 heavy (non-hydrogen) atoms. The lowest BCUT2D eigenvalue weighted by atomic mass is 9.82. The summed E-state index contributed by atoms with van der Waals surface area (Å²) in [5.74, 6) is 0. The highest BCUT2D eigenvalue weighted by molar-refractivity contribution is 5.39. The van der Waals surface area contributed by atoms with Crippen LogP contribution in [0.15, 0.2) is 53.8 Å². The Kier molecular flexibility index (Phi) is 2.37. The minimum atomic E-state index is -0.440. The average Bonchev–Trinajstić information content (AvgIpc) is 2.26. The topological polar surface area (TPSA) is 52.0 Å². The number of benzene rings is 1. The molecule has 0 spiro atoms. The van der Waals surface area contributed by atoms with Crippen LogP contribution in [0, 0.1) is 0 Å². The first-order valence-electron chi connectivity index (χ1n) is 5.11. The van der Waals surface area contributed by atoms with E-state index in [9.17, 15) is 0 Å². The third-order valence-electron chi connectivity index (χ3n) is 2.93. The van der Waals surface area contributed by atoms with Crippen molar-refractivity contribution in [2.75, 3.05) is 0 Å². The predicted octanol–water partition coefficient (Wildman–Crippen LogP) is 2.03. The van der Waals surface area contributed by atoms with Gasteiger partial charge in [0.15, 0.2) is 0 Å². The van der Waals surface area contributed by atoms with Gasteiger partial charge >= 0.3 is 0 Å². The maximum atomic E-state index is 6.33. The monoisotopic (exact) mass is 200 g/mol. The van der Waals surface area contributed by atoms with Crippen LogP contribution < -0.4 is 11.5 Å². The van der Waals surface area contributed by atoms with Crippen molar-refractivity contribution in [3.8, 4) is 0 Å². The summed E-state index contributed by atoms with van der Waals surface area (Å²) >= 11 is 0. The van der Waals surface area contributed by atoms with E-state index in [4.69, 9.17) is 11.5 Å². The molecule has 78 valence electrons. The first-order valence-corrected chi connectivity index (χ1v) is 5.11. The van der Waals surface area contributed by atoms with Crippen molar-refractivity contribution in [1.29, 1.82) is 0 Å². The fourth-order valence-corrected chi connectivity index (χ4v) is 1.84. The smallest absolute Gasteiger partial charge is 0.0653 e. The van der Waals surface area contributed by atoms with Crippen molar-refractivity contribution in [3.63, 3.8) is 0 Å². The van der Waals surface area contributed by atoms with Crippen molar-refractivity contribution in [2.24, 2.45) is 11.5 Å². The van der Waals surface area contributed by atoms with Gasteiger partial charge < -0.3 is 11.5 Å². The molecule has 0 saturated heterocycles. The Bertz CT molecular complexity index is 417. The Balaban J connectivity index is 2.36. The van der Waals surface area contributed by atoms with Gasteiger partial charge in [-0.1, -0.05) is 42.5 Å². The summed E-state index contributed by atoms with van der Waals surface area (Å²) in [4.78, 5) is 0. The summed E-state index contributed by atoms with van der Waals surface area (Å²) in [6, 6.07) is 10.1. The summed E-state index contributed by atoms with van der Waals surface area (Å²) in [5.41, 5.74) is 14.9. The first kappa shape index (κ1) is 9.99. The van der Waals surface area contributed by atoms with E-state index in [2.05, 4.69) is 0 Å². The second-order valence-electron chi connectivity index (χ2n) is 4.12. The van der Waals surface area contributed by atoms with Gasteiger partial charge in [-0.15, -0.1) is 0 Å². The summed E-state index contributed by atoms with van der Waals surface area (Å²) in [7, 11) is 0. The van der Waals surface area contributed by atoms with Crippen LogP contribution >= 0.6 is 0 Å². The molecule has 1 aliphatic rings. The molecule has 0 aliphatic heterocycles. The normalized spacial score (nSPS) is 25.7. The molecule has 0 heterocycles. The molecule has 0 aromatic heterocycles. The first-order chi connectivity index (χ1) is 7.12. The van der Waals surface area contributed by atoms with Crippen molar-refractivity contribution < 1.29 is 0 Å². The molecule has 0 saturated carbocycles. The minimum absolute atomic E-state index is 0.440. The summed E-state index contributed by atoms with van der Waals surface area (Å²) in [5, 5.41) is 0. The van der Waals surface area contributed by atoms with Crippen LogP contribution in [0.2, 0.25) is 0 Å². The molecule has 0 radical (unpaired) electrons. The second-order valence-corrected chi connectivity index (χ2v) is 4.12. The lowest BCUT2D eigenvalue weighted by Gasteiger charge is -2.30. The van der Waals surface area contributed by atoms with Gasteiger partial charge in [0, 0.05) is 12.1 Å². The van der Waals surface area contributed by atoms with Crippen molar-refractivity contribution >= 4 is 0 Å². The molecule has 1 aliphatic carbocycles. The van der Waals surface area contributed by atoms with E-state index in [-0.39, 0.29) is 0 Å². The Morgan fingerprint density at radius 3 is 2.47 bits per heavy atom. The van der Waals surface area contributed by atoms with Crippen LogP contribution in [0.1, 0.15) is 18.9 Å². The highest BCUT2D eigenvalue weighted by atomic mass is 14.8. The van der Waals surface area contributed by atoms with Gasteiger partial charge in [0.05, 0.1) is 5.54 Å². The lowest BCUT2D eigenvalue weighted by molar-refractivity contribution is 0.542. The van der Waals surface area contributed by atoms with Gasteiger partial charge in [-0.05, 0) is 18.1 Å². The molecular formula is C13H16N2. The molecule has 2 rings (SSSR count). The van der Waals surface area contributed by atoms with Gasteiger partial charge in [-0.2, -0.15) is 0 Å². The molecule has 4 N–H and O–H groups in total. The average molecular weight is 200 g/mol. The number of allylic oxidation sites excluding steroid dienone is 2. The largest absolute Gasteiger partial charge is 0.402 e. The molecule has 1 aromatic carbocycles. The van der Waals surface area contributed by atoms with E-state index >= 15 is 0 Å². The fraction of sp³-hybridized carbons (Fsp3) is 0.231. The third-order valence-corrected chi connectivity index (χ3v) is 2.93. The highest BCUT2D eigenvalue weighted by Gasteiger charge is 2.27. The lowest BCUT2D eigenvalue weighted by Crippen LogP contribution is -2.37. The Hall–Kier alpha value is -1.54. The molecule has 0 amide bonds. The van der Waals surface area contributed by atoms with Gasteiger partial charge in [0.25, 0.3) is 0 Å². The molecular weight excluding hydrogens is 184 g/mol. The standard InChI is InChI=1S/C13H16N2/c1-10-7-8-13(15,9-12(10)14)11-5-3-2-4-6-11/h2-8H,9,14-15H2,1H3. The van der Waals surface area contributed by atoms with E-state index in [1.54, 1.807) is 0 Å². The Morgan fingerprint density at radius 1 is 1.20 bits per heavy atom. The van der Waals surface area contributed by atoms with Crippen molar-refractivity contribution in [3.05, 3.63) is 59.3 Å². The zero-order valence-electron chi connectivity index (χ0n) is 8.90.